The summed E-state index contributed by atoms with van der Waals surface area (Å²) in [5, 5.41) is 9.13. The van der Waals surface area contributed by atoms with Gasteiger partial charge < -0.3 is 9.84 Å². The predicted molar refractivity (Wildman–Crippen MR) is 66.9 cm³/mol. The van der Waals surface area contributed by atoms with Gasteiger partial charge in [0.2, 0.25) is 10.0 Å². The lowest BCUT2D eigenvalue weighted by molar-refractivity contribution is 0.0250. The summed E-state index contributed by atoms with van der Waals surface area (Å²) in [4.78, 5) is 0.141. The molecule has 0 spiro atoms. The van der Waals surface area contributed by atoms with Crippen molar-refractivity contribution in [3.63, 3.8) is 0 Å². The lowest BCUT2D eigenvalue weighted by Gasteiger charge is -2.23. The van der Waals surface area contributed by atoms with Crippen LogP contribution < -0.4 is 4.72 Å². The zero-order valence-electron chi connectivity index (χ0n) is 10.2. The second-order valence-electron chi connectivity index (χ2n) is 4.72. The van der Waals surface area contributed by atoms with Gasteiger partial charge in [-0.15, -0.1) is 0 Å². The zero-order chi connectivity index (χ0) is 13.2. The number of ether oxygens (including phenoxy) is 1. The Bertz CT molecular complexity index is 503. The third-order valence-corrected chi connectivity index (χ3v) is 4.50. The molecule has 1 aliphatic heterocycles. The number of phenols is 1. The van der Waals surface area contributed by atoms with Gasteiger partial charge in [-0.3, -0.25) is 0 Å². The maximum Gasteiger partial charge on any atom is 0.240 e. The molecule has 0 amide bonds. The Kier molecular flexibility index (Phi) is 3.61. The third kappa shape index (κ3) is 3.01. The summed E-state index contributed by atoms with van der Waals surface area (Å²) in [6, 6.07) is 5.44. The number of nitrogens with one attached hydrogen (secondary N) is 1. The Morgan fingerprint density at radius 3 is 2.61 bits per heavy atom. The van der Waals surface area contributed by atoms with Gasteiger partial charge in [-0.05, 0) is 44.0 Å². The molecule has 0 bridgehead atoms. The lowest BCUT2D eigenvalue weighted by atomic mass is 10.0. The molecule has 1 atom stereocenters. The molecular formula is C12H17NO4S. The Balaban J connectivity index is 2.05. The van der Waals surface area contributed by atoms with Gasteiger partial charge >= 0.3 is 0 Å². The molecule has 1 fully saturated rings. The highest BCUT2D eigenvalue weighted by Gasteiger charge is 2.31. The molecule has 0 aliphatic carbocycles. The van der Waals surface area contributed by atoms with Gasteiger partial charge in [-0.2, -0.15) is 0 Å². The topological polar surface area (TPSA) is 75.6 Å². The van der Waals surface area contributed by atoms with Crippen LogP contribution in [-0.2, 0) is 14.8 Å². The Morgan fingerprint density at radius 2 is 2.06 bits per heavy atom. The summed E-state index contributed by atoms with van der Waals surface area (Å²) < 4.78 is 32.1. The van der Waals surface area contributed by atoms with Gasteiger partial charge in [0.1, 0.15) is 5.75 Å². The number of benzene rings is 1. The fourth-order valence-electron chi connectivity index (χ4n) is 1.93. The molecule has 5 nitrogen and oxygen atoms in total. The molecule has 1 saturated heterocycles. The molecule has 2 N–H and O–H groups in total. The number of phenolic OH excluding ortho intramolecular Hbond substituents is 1. The van der Waals surface area contributed by atoms with E-state index in [0.717, 1.165) is 12.8 Å². The van der Waals surface area contributed by atoms with E-state index in [9.17, 15) is 8.42 Å². The van der Waals surface area contributed by atoms with E-state index in [0.29, 0.717) is 6.61 Å². The average Bonchev–Trinajstić information content (AvgIpc) is 2.75. The van der Waals surface area contributed by atoms with Gasteiger partial charge in [0.05, 0.1) is 10.5 Å². The standard InChI is InChI=1S/C12H17NO4S/c1-12(7-2-8-17-12)9-13-18(15,16)11-5-3-10(14)4-6-11/h3-6,13-14H,2,7-9H2,1H3. The van der Waals surface area contributed by atoms with Crippen LogP contribution in [0.25, 0.3) is 0 Å². The van der Waals surface area contributed by atoms with Crippen LogP contribution >= 0.6 is 0 Å². The predicted octanol–water partition coefficient (Wildman–Crippen LogP) is 1.24. The molecule has 6 heteroatoms. The van der Waals surface area contributed by atoms with Crippen LogP contribution in [-0.4, -0.2) is 32.3 Å². The third-order valence-electron chi connectivity index (χ3n) is 3.08. The molecule has 2 rings (SSSR count). The van der Waals surface area contributed by atoms with E-state index in [1.165, 1.54) is 24.3 Å². The Labute approximate surface area is 107 Å². The maximum atomic E-state index is 12.0. The van der Waals surface area contributed by atoms with E-state index in [4.69, 9.17) is 9.84 Å². The zero-order valence-corrected chi connectivity index (χ0v) is 11.0. The number of sulfonamides is 1. The molecule has 1 heterocycles. The molecule has 0 saturated carbocycles. The largest absolute Gasteiger partial charge is 0.508 e. The Hall–Kier alpha value is -1.11. The first-order valence-corrected chi connectivity index (χ1v) is 7.32. The van der Waals surface area contributed by atoms with Crippen LogP contribution in [0.3, 0.4) is 0 Å². The van der Waals surface area contributed by atoms with Gasteiger partial charge in [0, 0.05) is 13.2 Å². The van der Waals surface area contributed by atoms with Crippen LogP contribution in [0.5, 0.6) is 5.75 Å². The number of rotatable bonds is 4. The summed E-state index contributed by atoms with van der Waals surface area (Å²) in [6.45, 7) is 2.84. The summed E-state index contributed by atoms with van der Waals surface area (Å²) in [7, 11) is -3.54. The van der Waals surface area contributed by atoms with Crippen molar-refractivity contribution < 1.29 is 18.3 Å². The minimum atomic E-state index is -3.54. The minimum Gasteiger partial charge on any atom is -0.508 e. The quantitative estimate of drug-likeness (QED) is 0.864. The summed E-state index contributed by atoms with van der Waals surface area (Å²) in [5.41, 5.74) is -0.413. The van der Waals surface area contributed by atoms with E-state index >= 15 is 0 Å². The van der Waals surface area contributed by atoms with Crippen molar-refractivity contribution in [3.8, 4) is 5.75 Å². The van der Waals surface area contributed by atoms with Crippen molar-refractivity contribution in [2.75, 3.05) is 13.2 Å². The molecular weight excluding hydrogens is 254 g/mol. The summed E-state index contributed by atoms with van der Waals surface area (Å²) >= 11 is 0. The molecule has 18 heavy (non-hydrogen) atoms. The van der Waals surface area contributed by atoms with Crippen molar-refractivity contribution in [2.24, 2.45) is 0 Å². The van der Waals surface area contributed by atoms with E-state index in [1.807, 2.05) is 6.92 Å². The van der Waals surface area contributed by atoms with E-state index in [1.54, 1.807) is 0 Å². The van der Waals surface area contributed by atoms with Crippen molar-refractivity contribution in [2.45, 2.75) is 30.3 Å². The normalized spacial score (nSPS) is 24.3. The van der Waals surface area contributed by atoms with Crippen LogP contribution in [0.1, 0.15) is 19.8 Å². The number of hydrogen-bond donors (Lipinski definition) is 2. The smallest absolute Gasteiger partial charge is 0.240 e. The monoisotopic (exact) mass is 271 g/mol. The second-order valence-corrected chi connectivity index (χ2v) is 6.49. The van der Waals surface area contributed by atoms with E-state index < -0.39 is 15.6 Å². The first-order chi connectivity index (χ1) is 8.41. The average molecular weight is 271 g/mol. The SMILES string of the molecule is CC1(CNS(=O)(=O)c2ccc(O)cc2)CCCO1. The van der Waals surface area contributed by atoms with Crippen molar-refractivity contribution >= 4 is 10.0 Å². The number of aromatic hydroxyl groups is 1. The van der Waals surface area contributed by atoms with Crippen molar-refractivity contribution in [3.05, 3.63) is 24.3 Å². The highest BCUT2D eigenvalue weighted by atomic mass is 32.2. The fraction of sp³-hybridized carbons (Fsp3) is 0.500. The number of hydrogen-bond acceptors (Lipinski definition) is 4. The first kappa shape index (κ1) is 13.3. The van der Waals surface area contributed by atoms with Gasteiger partial charge in [0.15, 0.2) is 0 Å². The van der Waals surface area contributed by atoms with E-state index in [2.05, 4.69) is 4.72 Å². The van der Waals surface area contributed by atoms with Gasteiger partial charge in [-0.1, -0.05) is 0 Å². The second kappa shape index (κ2) is 4.87. The van der Waals surface area contributed by atoms with Crippen LogP contribution in [0.2, 0.25) is 0 Å². The molecule has 0 aromatic heterocycles. The van der Waals surface area contributed by atoms with Gasteiger partial charge in [-0.25, -0.2) is 13.1 Å². The lowest BCUT2D eigenvalue weighted by Crippen LogP contribution is -2.40. The summed E-state index contributed by atoms with van der Waals surface area (Å²) in [6.07, 6.45) is 1.81. The molecule has 100 valence electrons. The Morgan fingerprint density at radius 1 is 1.39 bits per heavy atom. The van der Waals surface area contributed by atoms with Crippen LogP contribution in [0.4, 0.5) is 0 Å². The first-order valence-electron chi connectivity index (χ1n) is 5.84. The minimum absolute atomic E-state index is 0.0417. The molecule has 1 aromatic carbocycles. The molecule has 0 radical (unpaired) electrons. The summed E-state index contributed by atoms with van der Waals surface area (Å²) in [5.74, 6) is 0.0417. The molecule has 1 aliphatic rings. The highest BCUT2D eigenvalue weighted by molar-refractivity contribution is 7.89. The van der Waals surface area contributed by atoms with Crippen LogP contribution in [0.15, 0.2) is 29.2 Å². The fourth-order valence-corrected chi connectivity index (χ4v) is 3.09. The maximum absolute atomic E-state index is 12.0. The molecule has 1 aromatic rings. The van der Waals surface area contributed by atoms with Gasteiger partial charge in [0.25, 0.3) is 0 Å². The highest BCUT2D eigenvalue weighted by Crippen LogP contribution is 2.24. The van der Waals surface area contributed by atoms with Crippen molar-refractivity contribution in [1.82, 2.24) is 4.72 Å². The van der Waals surface area contributed by atoms with Crippen molar-refractivity contribution in [1.29, 1.82) is 0 Å². The molecule has 1 unspecified atom stereocenters. The van der Waals surface area contributed by atoms with E-state index in [-0.39, 0.29) is 17.2 Å². The van der Waals surface area contributed by atoms with Crippen LogP contribution in [0, 0.1) is 0 Å².